The van der Waals surface area contributed by atoms with Gasteiger partial charge in [0.15, 0.2) is 6.61 Å². The lowest BCUT2D eigenvalue weighted by molar-refractivity contribution is -0.384. The summed E-state index contributed by atoms with van der Waals surface area (Å²) in [5.41, 5.74) is 0.207. The predicted molar refractivity (Wildman–Crippen MR) is 112 cm³/mol. The molecule has 1 amide bonds. The van der Waals surface area contributed by atoms with Gasteiger partial charge >= 0.3 is 5.97 Å². The molecular formula is C21H17ClN2O7. The van der Waals surface area contributed by atoms with Crippen molar-refractivity contribution in [1.82, 2.24) is 0 Å². The largest absolute Gasteiger partial charge is 0.494 e. The number of ether oxygens (including phenoxy) is 2. The SMILES string of the molecule is CCOc1ccc(NC(=O)COC(=O)c2ccc(-c3ccccc3Cl)o2)c([N+](=O)[O-])c1. The van der Waals surface area contributed by atoms with Crippen molar-refractivity contribution in [3.63, 3.8) is 0 Å². The molecule has 0 unspecified atom stereocenters. The van der Waals surface area contributed by atoms with Crippen molar-refractivity contribution in [3.05, 3.63) is 75.5 Å². The van der Waals surface area contributed by atoms with Crippen LogP contribution in [0.1, 0.15) is 17.5 Å². The van der Waals surface area contributed by atoms with Gasteiger partial charge in [-0.05, 0) is 43.3 Å². The van der Waals surface area contributed by atoms with Gasteiger partial charge < -0.3 is 19.2 Å². The van der Waals surface area contributed by atoms with Crippen LogP contribution in [0.25, 0.3) is 11.3 Å². The summed E-state index contributed by atoms with van der Waals surface area (Å²) in [4.78, 5) is 34.9. The maximum Gasteiger partial charge on any atom is 0.374 e. The van der Waals surface area contributed by atoms with Crippen molar-refractivity contribution in [2.45, 2.75) is 6.92 Å². The smallest absolute Gasteiger partial charge is 0.374 e. The molecule has 31 heavy (non-hydrogen) atoms. The molecule has 3 aromatic rings. The van der Waals surface area contributed by atoms with Gasteiger partial charge in [0.05, 0.1) is 22.6 Å². The molecule has 1 aromatic heterocycles. The summed E-state index contributed by atoms with van der Waals surface area (Å²) in [6.07, 6.45) is 0. The minimum atomic E-state index is -0.866. The second-order valence-corrected chi connectivity index (χ2v) is 6.54. The summed E-state index contributed by atoms with van der Waals surface area (Å²) in [6.45, 7) is 1.42. The number of nitro benzene ring substituents is 1. The van der Waals surface area contributed by atoms with Crippen LogP contribution in [0.2, 0.25) is 5.02 Å². The molecule has 0 saturated carbocycles. The van der Waals surface area contributed by atoms with Gasteiger partial charge in [-0.3, -0.25) is 14.9 Å². The highest BCUT2D eigenvalue weighted by Gasteiger charge is 2.20. The molecule has 0 spiro atoms. The minimum absolute atomic E-state index is 0.0477. The van der Waals surface area contributed by atoms with Crippen LogP contribution in [-0.4, -0.2) is 30.0 Å². The lowest BCUT2D eigenvalue weighted by Gasteiger charge is -2.08. The Kier molecular flexibility index (Phi) is 6.88. The Bertz CT molecular complexity index is 1130. The lowest BCUT2D eigenvalue weighted by atomic mass is 10.2. The van der Waals surface area contributed by atoms with E-state index >= 15 is 0 Å². The molecule has 0 radical (unpaired) electrons. The monoisotopic (exact) mass is 444 g/mol. The van der Waals surface area contributed by atoms with Gasteiger partial charge in [-0.25, -0.2) is 4.79 Å². The number of hydrogen-bond acceptors (Lipinski definition) is 7. The number of nitro groups is 1. The maximum absolute atomic E-state index is 12.2. The average Bonchev–Trinajstić information content (AvgIpc) is 3.23. The summed E-state index contributed by atoms with van der Waals surface area (Å²) in [7, 11) is 0. The molecule has 0 atom stereocenters. The fraction of sp³-hybridized carbons (Fsp3) is 0.143. The summed E-state index contributed by atoms with van der Waals surface area (Å²) >= 11 is 6.10. The third-order valence-electron chi connectivity index (χ3n) is 4.03. The molecule has 0 aliphatic carbocycles. The van der Waals surface area contributed by atoms with Crippen LogP contribution in [0.3, 0.4) is 0 Å². The fourth-order valence-corrected chi connectivity index (χ4v) is 2.90. The van der Waals surface area contributed by atoms with E-state index in [4.69, 9.17) is 25.5 Å². The van der Waals surface area contributed by atoms with E-state index in [1.165, 1.54) is 24.3 Å². The molecule has 0 aliphatic rings. The normalized spacial score (nSPS) is 10.4. The van der Waals surface area contributed by atoms with E-state index in [2.05, 4.69) is 5.32 Å². The van der Waals surface area contributed by atoms with Crippen LogP contribution in [0.5, 0.6) is 5.75 Å². The molecule has 160 valence electrons. The first-order chi connectivity index (χ1) is 14.9. The first kappa shape index (κ1) is 21.8. The van der Waals surface area contributed by atoms with E-state index < -0.39 is 23.4 Å². The van der Waals surface area contributed by atoms with Crippen molar-refractivity contribution in [3.8, 4) is 17.1 Å². The summed E-state index contributed by atoms with van der Waals surface area (Å²) in [5.74, 6) is -1.07. The van der Waals surface area contributed by atoms with Gasteiger partial charge in [-0.15, -0.1) is 0 Å². The molecule has 2 aromatic carbocycles. The van der Waals surface area contributed by atoms with Crippen LogP contribution in [0.15, 0.2) is 59.0 Å². The Morgan fingerprint density at radius 1 is 1.16 bits per heavy atom. The molecule has 1 N–H and O–H groups in total. The second-order valence-electron chi connectivity index (χ2n) is 6.14. The molecular weight excluding hydrogens is 428 g/mol. The Labute approximate surface area is 181 Å². The van der Waals surface area contributed by atoms with E-state index in [1.807, 2.05) is 0 Å². The number of nitrogens with zero attached hydrogens (tertiary/aromatic N) is 1. The number of carbonyl (C=O) groups is 2. The number of esters is 1. The van der Waals surface area contributed by atoms with E-state index in [9.17, 15) is 19.7 Å². The molecule has 0 fully saturated rings. The summed E-state index contributed by atoms with van der Waals surface area (Å²) < 4.78 is 15.6. The van der Waals surface area contributed by atoms with Crippen molar-refractivity contribution in [2.24, 2.45) is 0 Å². The fourth-order valence-electron chi connectivity index (χ4n) is 2.67. The summed E-state index contributed by atoms with van der Waals surface area (Å²) in [6, 6.07) is 13.9. The van der Waals surface area contributed by atoms with Crippen molar-refractivity contribution < 1.29 is 28.4 Å². The molecule has 0 bridgehead atoms. The highest BCUT2D eigenvalue weighted by molar-refractivity contribution is 6.33. The highest BCUT2D eigenvalue weighted by Crippen LogP contribution is 2.30. The highest BCUT2D eigenvalue weighted by atomic mass is 35.5. The van der Waals surface area contributed by atoms with Crippen LogP contribution >= 0.6 is 11.6 Å². The Morgan fingerprint density at radius 3 is 2.65 bits per heavy atom. The Balaban J connectivity index is 1.62. The zero-order chi connectivity index (χ0) is 22.4. The van der Waals surface area contributed by atoms with Crippen LogP contribution in [0, 0.1) is 10.1 Å². The number of furan rings is 1. The van der Waals surface area contributed by atoms with Crippen molar-refractivity contribution in [1.29, 1.82) is 0 Å². The molecule has 10 heteroatoms. The minimum Gasteiger partial charge on any atom is -0.494 e. The standard InChI is InChI=1S/C21H17ClN2O7/c1-2-29-13-7-8-16(17(11-13)24(27)28)23-20(25)12-30-21(26)19-10-9-18(31-19)14-5-3-4-6-15(14)22/h3-11H,2,12H2,1H3,(H,23,25). The van der Waals surface area contributed by atoms with Crippen molar-refractivity contribution in [2.75, 3.05) is 18.5 Å². The van der Waals surface area contributed by atoms with Crippen molar-refractivity contribution >= 4 is 34.9 Å². The maximum atomic E-state index is 12.2. The third kappa shape index (κ3) is 5.40. The lowest BCUT2D eigenvalue weighted by Crippen LogP contribution is -2.21. The predicted octanol–water partition coefficient (Wildman–Crippen LogP) is 4.70. The number of benzene rings is 2. The number of halogens is 1. The first-order valence-corrected chi connectivity index (χ1v) is 9.49. The molecule has 0 saturated heterocycles. The van der Waals surface area contributed by atoms with Crippen LogP contribution in [0.4, 0.5) is 11.4 Å². The van der Waals surface area contributed by atoms with Gasteiger partial charge in [0.2, 0.25) is 5.76 Å². The summed E-state index contributed by atoms with van der Waals surface area (Å²) in [5, 5.41) is 14.0. The number of nitrogens with one attached hydrogen (secondary N) is 1. The van der Waals surface area contributed by atoms with E-state index in [0.29, 0.717) is 28.7 Å². The zero-order valence-electron chi connectivity index (χ0n) is 16.3. The topological polar surface area (TPSA) is 121 Å². The first-order valence-electron chi connectivity index (χ1n) is 9.12. The number of rotatable bonds is 8. The second kappa shape index (κ2) is 9.77. The average molecular weight is 445 g/mol. The number of amides is 1. The van der Waals surface area contributed by atoms with E-state index in [0.717, 1.165) is 0 Å². The van der Waals surface area contributed by atoms with Crippen LogP contribution < -0.4 is 10.1 Å². The van der Waals surface area contributed by atoms with Gasteiger partial charge in [-0.1, -0.05) is 23.7 Å². The van der Waals surface area contributed by atoms with Gasteiger partial charge in [0, 0.05) is 5.56 Å². The molecule has 0 aliphatic heterocycles. The Hall–Kier alpha value is -3.85. The molecule has 3 rings (SSSR count). The van der Waals surface area contributed by atoms with E-state index in [-0.39, 0.29) is 17.1 Å². The number of hydrogen-bond donors (Lipinski definition) is 1. The van der Waals surface area contributed by atoms with Gasteiger partial charge in [-0.2, -0.15) is 0 Å². The van der Waals surface area contributed by atoms with Crippen LogP contribution in [-0.2, 0) is 9.53 Å². The van der Waals surface area contributed by atoms with E-state index in [1.54, 1.807) is 37.3 Å². The molecule has 1 heterocycles. The van der Waals surface area contributed by atoms with Gasteiger partial charge in [0.1, 0.15) is 17.2 Å². The number of carbonyl (C=O) groups excluding carboxylic acids is 2. The molecule has 9 nitrogen and oxygen atoms in total. The zero-order valence-corrected chi connectivity index (χ0v) is 17.0. The Morgan fingerprint density at radius 2 is 1.94 bits per heavy atom. The quantitative estimate of drug-likeness (QED) is 0.303. The third-order valence-corrected chi connectivity index (χ3v) is 4.36. The van der Waals surface area contributed by atoms with Gasteiger partial charge in [0.25, 0.3) is 11.6 Å². The number of anilines is 1.